The number of furan rings is 1. The Morgan fingerprint density at radius 3 is 3.05 bits per heavy atom. The van der Waals surface area contributed by atoms with Crippen LogP contribution in [0, 0.1) is 0 Å². The Morgan fingerprint density at radius 2 is 2.35 bits per heavy atom. The molecule has 0 bridgehead atoms. The number of likely N-dealkylation sites (tertiary alicyclic amines) is 1. The molecule has 1 aliphatic rings. The van der Waals surface area contributed by atoms with E-state index < -0.39 is 12.0 Å². The Labute approximate surface area is 116 Å². The predicted octanol–water partition coefficient (Wildman–Crippen LogP) is -0.187. The van der Waals surface area contributed by atoms with Gasteiger partial charge in [-0.25, -0.2) is 10.6 Å². The van der Waals surface area contributed by atoms with Gasteiger partial charge in [0.05, 0.1) is 13.7 Å². The van der Waals surface area contributed by atoms with Gasteiger partial charge in [-0.05, 0) is 18.6 Å². The molecule has 0 radical (unpaired) electrons. The van der Waals surface area contributed by atoms with Crippen molar-refractivity contribution in [3.8, 4) is 0 Å². The summed E-state index contributed by atoms with van der Waals surface area (Å²) in [5.74, 6) is 5.45. The van der Waals surface area contributed by atoms with E-state index in [-0.39, 0.29) is 11.8 Å². The standard InChI is InChI=1S/C12H18N4O4/c1-19-12(18)14-8-4-5-16(6-8)7-9-2-3-10(20-9)11(17)15-13/h2-3,8H,4-7,13H2,1H3,(H,14,18)(H,15,17). The maximum atomic E-state index is 11.3. The van der Waals surface area contributed by atoms with Crippen LogP contribution >= 0.6 is 0 Å². The van der Waals surface area contributed by atoms with Crippen molar-refractivity contribution in [1.82, 2.24) is 15.6 Å². The zero-order chi connectivity index (χ0) is 14.5. The first-order valence-electron chi connectivity index (χ1n) is 6.29. The van der Waals surface area contributed by atoms with Crippen molar-refractivity contribution in [3.63, 3.8) is 0 Å². The van der Waals surface area contributed by atoms with Crippen molar-refractivity contribution in [2.24, 2.45) is 5.84 Å². The van der Waals surface area contributed by atoms with E-state index in [1.165, 1.54) is 7.11 Å². The van der Waals surface area contributed by atoms with Gasteiger partial charge in [-0.15, -0.1) is 0 Å². The van der Waals surface area contributed by atoms with E-state index in [1.54, 1.807) is 12.1 Å². The van der Waals surface area contributed by atoms with E-state index in [1.807, 2.05) is 5.43 Å². The molecule has 2 rings (SSSR count). The van der Waals surface area contributed by atoms with Gasteiger partial charge in [-0.1, -0.05) is 0 Å². The number of hydrogen-bond acceptors (Lipinski definition) is 6. The van der Waals surface area contributed by atoms with Crippen LogP contribution in [0.4, 0.5) is 4.79 Å². The molecule has 1 aliphatic heterocycles. The summed E-state index contributed by atoms with van der Waals surface area (Å²) in [7, 11) is 1.34. The Kier molecular flexibility index (Phi) is 4.59. The molecule has 1 saturated heterocycles. The lowest BCUT2D eigenvalue weighted by Crippen LogP contribution is -2.36. The van der Waals surface area contributed by atoms with Crippen molar-refractivity contribution < 1.29 is 18.7 Å². The SMILES string of the molecule is COC(=O)NC1CCN(Cc2ccc(C(=O)NN)o2)C1. The normalized spacial score (nSPS) is 18.8. The van der Waals surface area contributed by atoms with Gasteiger partial charge in [-0.2, -0.15) is 0 Å². The number of hydrazine groups is 1. The van der Waals surface area contributed by atoms with Crippen molar-refractivity contribution in [2.45, 2.75) is 19.0 Å². The molecule has 0 saturated carbocycles. The quantitative estimate of drug-likeness (QED) is 0.401. The van der Waals surface area contributed by atoms with Crippen LogP contribution < -0.4 is 16.6 Å². The minimum atomic E-state index is -0.456. The maximum Gasteiger partial charge on any atom is 0.407 e. The van der Waals surface area contributed by atoms with Crippen LogP contribution in [-0.4, -0.2) is 43.1 Å². The third-order valence-corrected chi connectivity index (χ3v) is 3.18. The summed E-state index contributed by atoms with van der Waals surface area (Å²) >= 11 is 0. The third kappa shape index (κ3) is 3.49. The highest BCUT2D eigenvalue weighted by atomic mass is 16.5. The predicted molar refractivity (Wildman–Crippen MR) is 69.6 cm³/mol. The highest BCUT2D eigenvalue weighted by molar-refractivity contribution is 5.90. The van der Waals surface area contributed by atoms with Gasteiger partial charge in [0.25, 0.3) is 0 Å². The molecular formula is C12H18N4O4. The lowest BCUT2D eigenvalue weighted by atomic mass is 10.3. The number of alkyl carbamates (subject to hydrolysis) is 1. The molecule has 2 heterocycles. The fourth-order valence-electron chi connectivity index (χ4n) is 2.20. The second kappa shape index (κ2) is 6.40. The molecule has 1 atom stereocenters. The first kappa shape index (κ1) is 14.4. The minimum Gasteiger partial charge on any atom is -0.455 e. The van der Waals surface area contributed by atoms with E-state index in [0.29, 0.717) is 18.8 Å². The molecule has 1 fully saturated rings. The van der Waals surface area contributed by atoms with Gasteiger partial charge >= 0.3 is 12.0 Å². The summed E-state index contributed by atoms with van der Waals surface area (Å²) in [5, 5.41) is 2.76. The lowest BCUT2D eigenvalue weighted by Gasteiger charge is -2.14. The van der Waals surface area contributed by atoms with Crippen LogP contribution in [-0.2, 0) is 11.3 Å². The van der Waals surface area contributed by atoms with Crippen LogP contribution in [0.3, 0.4) is 0 Å². The van der Waals surface area contributed by atoms with Crippen molar-refractivity contribution in [1.29, 1.82) is 0 Å². The first-order chi connectivity index (χ1) is 9.62. The molecule has 1 unspecified atom stereocenters. The molecule has 0 aromatic carbocycles. The molecule has 2 amide bonds. The topological polar surface area (TPSA) is 110 Å². The van der Waals surface area contributed by atoms with Crippen LogP contribution in [0.2, 0.25) is 0 Å². The van der Waals surface area contributed by atoms with Crippen LogP contribution in [0.5, 0.6) is 0 Å². The lowest BCUT2D eigenvalue weighted by molar-refractivity contribution is 0.0922. The molecular weight excluding hydrogens is 264 g/mol. The number of nitrogens with one attached hydrogen (secondary N) is 2. The van der Waals surface area contributed by atoms with Gasteiger partial charge < -0.3 is 14.5 Å². The van der Waals surface area contributed by atoms with E-state index in [4.69, 9.17) is 10.3 Å². The zero-order valence-corrected chi connectivity index (χ0v) is 11.2. The average molecular weight is 282 g/mol. The number of nitrogens with zero attached hydrogens (tertiary/aromatic N) is 1. The molecule has 1 aromatic heterocycles. The van der Waals surface area contributed by atoms with E-state index in [2.05, 4.69) is 15.0 Å². The second-order valence-corrected chi connectivity index (χ2v) is 4.60. The summed E-state index contributed by atoms with van der Waals surface area (Å²) in [6.45, 7) is 2.14. The smallest absolute Gasteiger partial charge is 0.407 e. The van der Waals surface area contributed by atoms with Gasteiger partial charge in [-0.3, -0.25) is 15.1 Å². The molecule has 1 aromatic rings. The van der Waals surface area contributed by atoms with E-state index in [0.717, 1.165) is 13.0 Å². The number of rotatable bonds is 4. The number of nitrogen functional groups attached to an aromatic ring is 1. The van der Waals surface area contributed by atoms with Gasteiger partial charge in [0.15, 0.2) is 5.76 Å². The first-order valence-corrected chi connectivity index (χ1v) is 6.29. The number of nitrogens with two attached hydrogens (primary N) is 1. The van der Waals surface area contributed by atoms with Crippen LogP contribution in [0.15, 0.2) is 16.5 Å². The number of carbonyl (C=O) groups excluding carboxylic acids is 2. The van der Waals surface area contributed by atoms with E-state index >= 15 is 0 Å². The fourth-order valence-corrected chi connectivity index (χ4v) is 2.20. The second-order valence-electron chi connectivity index (χ2n) is 4.60. The highest BCUT2D eigenvalue weighted by Crippen LogP contribution is 2.15. The monoisotopic (exact) mass is 282 g/mol. The Bertz CT molecular complexity index is 488. The van der Waals surface area contributed by atoms with Crippen molar-refractivity contribution in [2.75, 3.05) is 20.2 Å². The number of carbonyl (C=O) groups is 2. The van der Waals surface area contributed by atoms with E-state index in [9.17, 15) is 9.59 Å². The van der Waals surface area contributed by atoms with Crippen molar-refractivity contribution in [3.05, 3.63) is 23.7 Å². The molecule has 110 valence electrons. The number of hydrogen-bond donors (Lipinski definition) is 3. The summed E-state index contributed by atoms with van der Waals surface area (Å²) in [5.41, 5.74) is 2.02. The largest absolute Gasteiger partial charge is 0.455 e. The summed E-state index contributed by atoms with van der Waals surface area (Å²) < 4.78 is 9.95. The molecule has 8 nitrogen and oxygen atoms in total. The van der Waals surface area contributed by atoms with Crippen molar-refractivity contribution >= 4 is 12.0 Å². The Morgan fingerprint density at radius 1 is 1.55 bits per heavy atom. The summed E-state index contributed by atoms with van der Waals surface area (Å²) in [4.78, 5) is 24.5. The average Bonchev–Trinajstić information content (AvgIpc) is 3.08. The zero-order valence-electron chi connectivity index (χ0n) is 11.2. The number of ether oxygens (including phenoxy) is 1. The third-order valence-electron chi connectivity index (χ3n) is 3.18. The highest BCUT2D eigenvalue weighted by Gasteiger charge is 2.25. The molecule has 4 N–H and O–H groups in total. The molecule has 20 heavy (non-hydrogen) atoms. The Hall–Kier alpha value is -2.06. The Balaban J connectivity index is 1.84. The molecule has 0 spiro atoms. The fraction of sp³-hybridized carbons (Fsp3) is 0.500. The number of methoxy groups -OCH3 is 1. The molecule has 0 aliphatic carbocycles. The summed E-state index contributed by atoms with van der Waals surface area (Å²) in [6.07, 6.45) is 0.433. The van der Waals surface area contributed by atoms with Gasteiger partial charge in [0.1, 0.15) is 5.76 Å². The number of amides is 2. The van der Waals surface area contributed by atoms with Crippen LogP contribution in [0.25, 0.3) is 0 Å². The van der Waals surface area contributed by atoms with Gasteiger partial charge in [0, 0.05) is 19.1 Å². The van der Waals surface area contributed by atoms with Crippen LogP contribution in [0.1, 0.15) is 22.7 Å². The summed E-state index contributed by atoms with van der Waals surface area (Å²) in [6, 6.07) is 3.40. The maximum absolute atomic E-state index is 11.3. The minimum absolute atomic E-state index is 0.0734. The van der Waals surface area contributed by atoms with Gasteiger partial charge in [0.2, 0.25) is 0 Å². The molecule has 8 heteroatoms.